The number of halogens is 2. The number of benzene rings is 1. The molecule has 0 unspecified atom stereocenters. The van der Waals surface area contributed by atoms with Gasteiger partial charge in [0.15, 0.2) is 11.5 Å². The number of hydrogen-bond acceptors (Lipinski definition) is 3. The van der Waals surface area contributed by atoms with Gasteiger partial charge in [-0.25, -0.2) is 4.39 Å². The zero-order chi connectivity index (χ0) is 12.8. The highest BCUT2D eigenvalue weighted by Gasteiger charge is 2.46. The quantitative estimate of drug-likeness (QED) is 0.899. The van der Waals surface area contributed by atoms with Crippen LogP contribution in [0, 0.1) is 5.82 Å². The van der Waals surface area contributed by atoms with Crippen molar-refractivity contribution >= 4 is 11.6 Å². The second-order valence-corrected chi connectivity index (χ2v) is 5.29. The molecule has 18 heavy (non-hydrogen) atoms. The van der Waals surface area contributed by atoms with E-state index < -0.39 is 5.82 Å². The Hall–Kier alpha value is -1.00. The molecule has 3 nitrogen and oxygen atoms in total. The number of ether oxygens (including phenoxy) is 2. The lowest BCUT2D eigenvalue weighted by molar-refractivity contribution is 0.296. The fourth-order valence-corrected chi connectivity index (χ4v) is 2.61. The monoisotopic (exact) mass is 271 g/mol. The van der Waals surface area contributed by atoms with Gasteiger partial charge < -0.3 is 15.2 Å². The third-order valence-corrected chi connectivity index (χ3v) is 4.07. The average Bonchev–Trinajstić information content (AvgIpc) is 3.17. The molecular formula is C13H15ClFNO2. The first-order chi connectivity index (χ1) is 8.68. The van der Waals surface area contributed by atoms with E-state index in [2.05, 4.69) is 0 Å². The number of nitrogens with two attached hydrogens (primary N) is 1. The van der Waals surface area contributed by atoms with Crippen LogP contribution in [0.1, 0.15) is 24.8 Å². The lowest BCUT2D eigenvalue weighted by atomic mass is 9.95. The molecule has 1 aliphatic heterocycles. The average molecular weight is 272 g/mol. The fraction of sp³-hybridized carbons (Fsp3) is 0.538. The van der Waals surface area contributed by atoms with E-state index in [0.717, 1.165) is 19.3 Å². The lowest BCUT2D eigenvalue weighted by Gasteiger charge is -2.18. The largest absolute Gasteiger partial charge is 0.489 e. The van der Waals surface area contributed by atoms with Gasteiger partial charge >= 0.3 is 0 Å². The standard InChI is InChI=1S/C13H15ClFNO2/c14-10-11(15)8(13(7-16)2-3-13)6-9-12(10)18-5-1-4-17-9/h6H,1-5,7,16H2. The summed E-state index contributed by atoms with van der Waals surface area (Å²) in [5.74, 6) is 0.445. The van der Waals surface area contributed by atoms with Gasteiger partial charge in [0.05, 0.1) is 13.2 Å². The summed E-state index contributed by atoms with van der Waals surface area (Å²) in [7, 11) is 0. The van der Waals surface area contributed by atoms with Crippen molar-refractivity contribution in [3.8, 4) is 11.5 Å². The second-order valence-electron chi connectivity index (χ2n) is 4.91. The van der Waals surface area contributed by atoms with Crippen LogP contribution in [-0.4, -0.2) is 19.8 Å². The van der Waals surface area contributed by atoms with Gasteiger partial charge in [-0.05, 0) is 18.9 Å². The van der Waals surface area contributed by atoms with Crippen LogP contribution in [0.4, 0.5) is 4.39 Å². The molecule has 2 N–H and O–H groups in total. The van der Waals surface area contributed by atoms with E-state index in [1.165, 1.54) is 0 Å². The van der Waals surface area contributed by atoms with E-state index in [1.807, 2.05) is 0 Å². The molecule has 0 spiro atoms. The summed E-state index contributed by atoms with van der Waals surface area (Å²) in [5, 5.41) is 0.0177. The van der Waals surface area contributed by atoms with Gasteiger partial charge in [0, 0.05) is 23.9 Å². The van der Waals surface area contributed by atoms with Crippen LogP contribution in [0.2, 0.25) is 5.02 Å². The molecule has 1 saturated carbocycles. The Morgan fingerprint density at radius 2 is 2.06 bits per heavy atom. The van der Waals surface area contributed by atoms with Gasteiger partial charge in [-0.1, -0.05) is 11.6 Å². The Labute approximate surface area is 110 Å². The molecule has 1 aromatic carbocycles. The molecule has 0 atom stereocenters. The van der Waals surface area contributed by atoms with Crippen LogP contribution in [0.25, 0.3) is 0 Å². The van der Waals surface area contributed by atoms with E-state index in [1.54, 1.807) is 6.07 Å². The molecule has 1 heterocycles. The number of hydrogen-bond donors (Lipinski definition) is 1. The molecule has 0 saturated heterocycles. The summed E-state index contributed by atoms with van der Waals surface area (Å²) in [4.78, 5) is 0. The summed E-state index contributed by atoms with van der Waals surface area (Å²) < 4.78 is 25.4. The summed E-state index contributed by atoms with van der Waals surface area (Å²) in [5.41, 5.74) is 6.06. The van der Waals surface area contributed by atoms with Crippen molar-refractivity contribution in [1.29, 1.82) is 0 Å². The molecule has 3 rings (SSSR count). The molecule has 0 aromatic heterocycles. The van der Waals surface area contributed by atoms with E-state index >= 15 is 0 Å². The number of fused-ring (bicyclic) bond motifs is 1. The van der Waals surface area contributed by atoms with E-state index in [0.29, 0.717) is 36.8 Å². The molecule has 2 aliphatic rings. The van der Waals surface area contributed by atoms with Crippen molar-refractivity contribution in [3.63, 3.8) is 0 Å². The van der Waals surface area contributed by atoms with Crippen molar-refractivity contribution in [1.82, 2.24) is 0 Å². The maximum atomic E-state index is 14.3. The minimum Gasteiger partial charge on any atom is -0.489 e. The first-order valence-electron chi connectivity index (χ1n) is 6.16. The Balaban J connectivity index is 2.12. The summed E-state index contributed by atoms with van der Waals surface area (Å²) >= 11 is 6.06. The maximum Gasteiger partial charge on any atom is 0.182 e. The van der Waals surface area contributed by atoms with Crippen LogP contribution in [0.5, 0.6) is 11.5 Å². The highest BCUT2D eigenvalue weighted by atomic mass is 35.5. The van der Waals surface area contributed by atoms with Gasteiger partial charge in [0.1, 0.15) is 10.8 Å². The topological polar surface area (TPSA) is 44.5 Å². The second kappa shape index (κ2) is 4.28. The van der Waals surface area contributed by atoms with Crippen LogP contribution in [-0.2, 0) is 5.41 Å². The molecule has 0 radical (unpaired) electrons. The van der Waals surface area contributed by atoms with Gasteiger partial charge in [-0.2, -0.15) is 0 Å². The maximum absolute atomic E-state index is 14.3. The van der Waals surface area contributed by atoms with Crippen LogP contribution in [0.15, 0.2) is 6.07 Å². The third kappa shape index (κ3) is 1.75. The first-order valence-corrected chi connectivity index (χ1v) is 6.54. The highest BCUT2D eigenvalue weighted by Crippen LogP contribution is 2.52. The van der Waals surface area contributed by atoms with Crippen molar-refractivity contribution in [2.45, 2.75) is 24.7 Å². The van der Waals surface area contributed by atoms with Crippen molar-refractivity contribution in [2.75, 3.05) is 19.8 Å². The third-order valence-electron chi connectivity index (χ3n) is 3.74. The van der Waals surface area contributed by atoms with Gasteiger partial charge in [0.25, 0.3) is 0 Å². The highest BCUT2D eigenvalue weighted by molar-refractivity contribution is 6.32. The smallest absolute Gasteiger partial charge is 0.182 e. The van der Waals surface area contributed by atoms with Gasteiger partial charge in [-0.3, -0.25) is 0 Å². The summed E-state index contributed by atoms with van der Waals surface area (Å²) in [6.45, 7) is 1.48. The SMILES string of the molecule is NCC1(c2cc3c(c(Cl)c2F)OCCCO3)CC1. The molecule has 1 aromatic rings. The predicted molar refractivity (Wildman–Crippen MR) is 67.0 cm³/mol. The Bertz CT molecular complexity index is 488. The molecule has 0 amide bonds. The van der Waals surface area contributed by atoms with Crippen molar-refractivity contribution in [3.05, 3.63) is 22.5 Å². The molecule has 0 bridgehead atoms. The summed E-state index contributed by atoms with van der Waals surface area (Å²) in [6.07, 6.45) is 2.57. The Morgan fingerprint density at radius 3 is 2.72 bits per heavy atom. The van der Waals surface area contributed by atoms with Crippen LogP contribution in [0.3, 0.4) is 0 Å². The van der Waals surface area contributed by atoms with Crippen LogP contribution >= 0.6 is 11.6 Å². The first kappa shape index (κ1) is 12.1. The van der Waals surface area contributed by atoms with Crippen molar-refractivity contribution in [2.24, 2.45) is 5.73 Å². The van der Waals surface area contributed by atoms with Gasteiger partial charge in [-0.15, -0.1) is 0 Å². The zero-order valence-electron chi connectivity index (χ0n) is 9.97. The minimum absolute atomic E-state index is 0.0177. The molecule has 5 heteroatoms. The number of rotatable bonds is 2. The predicted octanol–water partition coefficient (Wildman–Crippen LogP) is 2.63. The Morgan fingerprint density at radius 1 is 1.33 bits per heavy atom. The van der Waals surface area contributed by atoms with Crippen molar-refractivity contribution < 1.29 is 13.9 Å². The van der Waals surface area contributed by atoms with Gasteiger partial charge in [0.2, 0.25) is 0 Å². The van der Waals surface area contributed by atoms with E-state index in [-0.39, 0.29) is 10.4 Å². The normalized spacial score (nSPS) is 20.4. The van der Waals surface area contributed by atoms with Crippen LogP contribution < -0.4 is 15.2 Å². The molecule has 1 aliphatic carbocycles. The Kier molecular flexibility index (Phi) is 2.87. The zero-order valence-corrected chi connectivity index (χ0v) is 10.7. The summed E-state index contributed by atoms with van der Waals surface area (Å²) in [6, 6.07) is 1.71. The molecule has 1 fully saturated rings. The lowest BCUT2D eigenvalue weighted by Crippen LogP contribution is -2.21. The van der Waals surface area contributed by atoms with E-state index in [9.17, 15) is 4.39 Å². The fourth-order valence-electron chi connectivity index (χ4n) is 2.36. The minimum atomic E-state index is -0.413. The molecule has 98 valence electrons. The molecular weight excluding hydrogens is 257 g/mol. The van der Waals surface area contributed by atoms with E-state index in [4.69, 9.17) is 26.8 Å².